The van der Waals surface area contributed by atoms with Crippen LogP contribution in [-0.2, 0) is 13.0 Å². The lowest BCUT2D eigenvalue weighted by molar-refractivity contribution is 0.725. The molecule has 0 atom stereocenters. The van der Waals surface area contributed by atoms with Crippen LogP contribution in [0.3, 0.4) is 0 Å². The normalized spacial score (nSPS) is 11.1. The van der Waals surface area contributed by atoms with Crippen LogP contribution in [0.15, 0.2) is 18.2 Å². The van der Waals surface area contributed by atoms with E-state index in [0.29, 0.717) is 0 Å². The Morgan fingerprint density at radius 3 is 2.45 bits per heavy atom. The molecule has 0 aliphatic heterocycles. The van der Waals surface area contributed by atoms with E-state index in [-0.39, 0.29) is 0 Å². The Hall–Kier alpha value is -1.61. The second-order valence-electron chi connectivity index (χ2n) is 5.32. The number of hydrogen-bond donors (Lipinski definition) is 1. The van der Waals surface area contributed by atoms with E-state index in [1.807, 2.05) is 0 Å². The summed E-state index contributed by atoms with van der Waals surface area (Å²) in [6, 6.07) is 6.62. The molecule has 0 amide bonds. The number of aromatic nitrogens is 2. The molecule has 2 rings (SSSR count). The van der Waals surface area contributed by atoms with Gasteiger partial charge >= 0.3 is 0 Å². The topological polar surface area (TPSA) is 29.9 Å². The molecule has 0 saturated carbocycles. The third-order valence-corrected chi connectivity index (χ3v) is 3.86. The molecular weight excluding hydrogens is 246 g/mol. The van der Waals surface area contributed by atoms with Crippen LogP contribution in [0.5, 0.6) is 0 Å². The van der Waals surface area contributed by atoms with Crippen molar-refractivity contribution in [1.29, 1.82) is 0 Å². The summed E-state index contributed by atoms with van der Waals surface area (Å²) in [5, 5.41) is 8.07. The van der Waals surface area contributed by atoms with Gasteiger partial charge in [-0.1, -0.05) is 26.0 Å². The van der Waals surface area contributed by atoms with E-state index in [1.165, 1.54) is 28.1 Å². The number of nitrogens with one attached hydrogen (secondary N) is 1. The van der Waals surface area contributed by atoms with Gasteiger partial charge in [0.25, 0.3) is 0 Å². The first-order chi connectivity index (χ1) is 9.58. The van der Waals surface area contributed by atoms with Gasteiger partial charge in [0, 0.05) is 12.2 Å². The quantitative estimate of drug-likeness (QED) is 0.902. The van der Waals surface area contributed by atoms with Crippen LogP contribution in [0.4, 0.5) is 0 Å². The number of hydrogen-bond acceptors (Lipinski definition) is 2. The van der Waals surface area contributed by atoms with Gasteiger partial charge in [0.1, 0.15) is 0 Å². The summed E-state index contributed by atoms with van der Waals surface area (Å²) in [5.41, 5.74) is 7.54. The average Bonchev–Trinajstić information content (AvgIpc) is 2.71. The van der Waals surface area contributed by atoms with Crippen molar-refractivity contribution >= 4 is 0 Å². The molecule has 0 spiro atoms. The summed E-state index contributed by atoms with van der Waals surface area (Å²) in [6.45, 7) is 12.7. The fourth-order valence-corrected chi connectivity index (χ4v) is 2.76. The molecule has 0 saturated heterocycles. The Morgan fingerprint density at radius 1 is 1.15 bits per heavy atom. The molecule has 2 aromatic rings. The van der Waals surface area contributed by atoms with Gasteiger partial charge in [0.2, 0.25) is 0 Å². The monoisotopic (exact) mass is 271 g/mol. The lowest BCUT2D eigenvalue weighted by Crippen LogP contribution is -2.12. The second-order valence-corrected chi connectivity index (χ2v) is 5.32. The van der Waals surface area contributed by atoms with Gasteiger partial charge in [-0.2, -0.15) is 5.10 Å². The highest BCUT2D eigenvalue weighted by Crippen LogP contribution is 2.21. The molecule has 1 N–H and O–H groups in total. The van der Waals surface area contributed by atoms with E-state index in [0.717, 1.165) is 25.2 Å². The van der Waals surface area contributed by atoms with Crippen molar-refractivity contribution < 1.29 is 0 Å². The van der Waals surface area contributed by atoms with E-state index in [9.17, 15) is 0 Å². The zero-order valence-electron chi connectivity index (χ0n) is 13.2. The Balaban J connectivity index is 2.38. The van der Waals surface area contributed by atoms with Crippen LogP contribution in [0.25, 0.3) is 5.69 Å². The Kier molecular flexibility index (Phi) is 4.61. The van der Waals surface area contributed by atoms with Crippen molar-refractivity contribution in [2.45, 2.75) is 47.6 Å². The summed E-state index contributed by atoms with van der Waals surface area (Å²) < 4.78 is 2.08. The minimum Gasteiger partial charge on any atom is -0.313 e. The van der Waals surface area contributed by atoms with Crippen molar-refractivity contribution in [3.8, 4) is 5.69 Å². The van der Waals surface area contributed by atoms with Crippen molar-refractivity contribution in [2.75, 3.05) is 6.54 Å². The molecule has 0 aliphatic rings. The van der Waals surface area contributed by atoms with E-state index >= 15 is 0 Å². The molecule has 0 unspecified atom stereocenters. The maximum atomic E-state index is 4.70. The van der Waals surface area contributed by atoms with Gasteiger partial charge in [0.15, 0.2) is 0 Å². The van der Waals surface area contributed by atoms with Crippen LogP contribution >= 0.6 is 0 Å². The SMILES string of the molecule is CCNCc1ccc(-n2nc(C)c(CC)c2C)c(C)c1. The highest BCUT2D eigenvalue weighted by atomic mass is 15.3. The Labute approximate surface area is 122 Å². The Morgan fingerprint density at radius 2 is 1.90 bits per heavy atom. The summed E-state index contributed by atoms with van der Waals surface area (Å²) in [6.07, 6.45) is 1.04. The number of aryl methyl sites for hydroxylation is 2. The molecule has 0 fully saturated rings. The molecule has 3 heteroatoms. The van der Waals surface area contributed by atoms with E-state index in [1.54, 1.807) is 0 Å². The summed E-state index contributed by atoms with van der Waals surface area (Å²) in [5.74, 6) is 0. The van der Waals surface area contributed by atoms with Gasteiger partial charge in [-0.05, 0) is 56.5 Å². The second kappa shape index (κ2) is 6.23. The molecule has 1 aromatic carbocycles. The maximum absolute atomic E-state index is 4.70. The number of rotatable bonds is 5. The minimum absolute atomic E-state index is 0.926. The molecule has 0 radical (unpaired) electrons. The summed E-state index contributed by atoms with van der Waals surface area (Å²) in [7, 11) is 0. The van der Waals surface area contributed by atoms with Crippen molar-refractivity contribution in [3.63, 3.8) is 0 Å². The maximum Gasteiger partial charge on any atom is 0.0678 e. The fourth-order valence-electron chi connectivity index (χ4n) is 2.76. The zero-order chi connectivity index (χ0) is 14.7. The van der Waals surface area contributed by atoms with Gasteiger partial charge in [0.05, 0.1) is 11.4 Å². The van der Waals surface area contributed by atoms with E-state index < -0.39 is 0 Å². The highest BCUT2D eigenvalue weighted by molar-refractivity contribution is 5.45. The van der Waals surface area contributed by atoms with Gasteiger partial charge in [-0.3, -0.25) is 0 Å². The predicted octanol–water partition coefficient (Wildman–Crippen LogP) is 3.47. The van der Waals surface area contributed by atoms with Crippen molar-refractivity contribution in [2.24, 2.45) is 0 Å². The van der Waals surface area contributed by atoms with E-state index in [2.05, 4.69) is 62.8 Å². The molecule has 0 aliphatic carbocycles. The first-order valence-corrected chi connectivity index (χ1v) is 7.44. The van der Waals surface area contributed by atoms with Gasteiger partial charge in [-0.15, -0.1) is 0 Å². The first kappa shape index (κ1) is 14.8. The van der Waals surface area contributed by atoms with Crippen molar-refractivity contribution in [1.82, 2.24) is 15.1 Å². The lowest BCUT2D eigenvalue weighted by Gasteiger charge is -2.11. The zero-order valence-corrected chi connectivity index (χ0v) is 13.2. The number of benzene rings is 1. The van der Waals surface area contributed by atoms with Gasteiger partial charge < -0.3 is 5.32 Å². The summed E-state index contributed by atoms with van der Waals surface area (Å²) >= 11 is 0. The third kappa shape index (κ3) is 2.78. The fraction of sp³-hybridized carbons (Fsp3) is 0.471. The minimum atomic E-state index is 0.926. The molecule has 1 heterocycles. The molecule has 0 bridgehead atoms. The average molecular weight is 271 g/mol. The molecule has 3 nitrogen and oxygen atoms in total. The molecule has 108 valence electrons. The van der Waals surface area contributed by atoms with Crippen LogP contribution in [0, 0.1) is 20.8 Å². The lowest BCUT2D eigenvalue weighted by atomic mass is 10.1. The first-order valence-electron chi connectivity index (χ1n) is 7.44. The molecular formula is C17H25N3. The molecule has 1 aromatic heterocycles. The predicted molar refractivity (Wildman–Crippen MR) is 84.5 cm³/mol. The Bertz CT molecular complexity index is 597. The largest absolute Gasteiger partial charge is 0.313 e. The van der Waals surface area contributed by atoms with Crippen LogP contribution < -0.4 is 5.32 Å². The molecule has 20 heavy (non-hydrogen) atoms. The van der Waals surface area contributed by atoms with E-state index in [4.69, 9.17) is 5.10 Å². The smallest absolute Gasteiger partial charge is 0.0678 e. The van der Waals surface area contributed by atoms with Crippen LogP contribution in [-0.4, -0.2) is 16.3 Å². The van der Waals surface area contributed by atoms with Crippen molar-refractivity contribution in [3.05, 3.63) is 46.3 Å². The standard InChI is InChI=1S/C17H25N3/c1-6-16-13(4)19-20(14(16)5)17-9-8-15(10-12(17)3)11-18-7-2/h8-10,18H,6-7,11H2,1-5H3. The van der Waals surface area contributed by atoms with Crippen LogP contribution in [0.1, 0.15) is 41.9 Å². The van der Waals surface area contributed by atoms with Crippen LogP contribution in [0.2, 0.25) is 0 Å². The highest BCUT2D eigenvalue weighted by Gasteiger charge is 2.12. The number of nitrogens with zero attached hydrogens (tertiary/aromatic N) is 2. The van der Waals surface area contributed by atoms with Gasteiger partial charge in [-0.25, -0.2) is 4.68 Å². The third-order valence-electron chi connectivity index (χ3n) is 3.86. The summed E-state index contributed by atoms with van der Waals surface area (Å²) in [4.78, 5) is 0.